The maximum Gasteiger partial charge on any atom is 0.00731 e. The van der Waals surface area contributed by atoms with Crippen LogP contribution in [0.5, 0.6) is 0 Å². The highest BCUT2D eigenvalue weighted by molar-refractivity contribution is 5.27. The standard InChI is InChI=1S/C15H25N/c1-6-16(7-2)12-15(4,5)14-10-8-13(3)9-11-14/h8-11H,6-7,12H2,1-5H3. The summed E-state index contributed by atoms with van der Waals surface area (Å²) in [5, 5.41) is 0. The lowest BCUT2D eigenvalue weighted by molar-refractivity contribution is 0.245. The van der Waals surface area contributed by atoms with Crippen molar-refractivity contribution in [2.45, 2.75) is 40.0 Å². The van der Waals surface area contributed by atoms with Gasteiger partial charge in [-0.2, -0.15) is 0 Å². The SMILES string of the molecule is CCN(CC)CC(C)(C)c1ccc(C)cc1. The molecule has 0 aliphatic heterocycles. The van der Waals surface area contributed by atoms with Gasteiger partial charge in [0, 0.05) is 12.0 Å². The summed E-state index contributed by atoms with van der Waals surface area (Å²) in [6.45, 7) is 14.7. The third-order valence-corrected chi connectivity index (χ3v) is 3.35. The molecule has 0 N–H and O–H groups in total. The number of hydrogen-bond acceptors (Lipinski definition) is 1. The van der Waals surface area contributed by atoms with Crippen molar-refractivity contribution in [3.8, 4) is 0 Å². The number of rotatable bonds is 5. The summed E-state index contributed by atoms with van der Waals surface area (Å²) in [4.78, 5) is 2.49. The lowest BCUT2D eigenvalue weighted by Crippen LogP contribution is -2.36. The van der Waals surface area contributed by atoms with Crippen LogP contribution in [-0.4, -0.2) is 24.5 Å². The van der Waals surface area contributed by atoms with Gasteiger partial charge in [-0.05, 0) is 25.6 Å². The number of likely N-dealkylation sites (N-methyl/N-ethyl adjacent to an activating group) is 1. The lowest BCUT2D eigenvalue weighted by atomic mass is 9.83. The van der Waals surface area contributed by atoms with Crippen LogP contribution >= 0.6 is 0 Å². The van der Waals surface area contributed by atoms with Crippen LogP contribution in [0.1, 0.15) is 38.8 Å². The van der Waals surface area contributed by atoms with Crippen LogP contribution in [0, 0.1) is 6.92 Å². The first kappa shape index (κ1) is 13.2. The highest BCUT2D eigenvalue weighted by Crippen LogP contribution is 2.24. The highest BCUT2D eigenvalue weighted by Gasteiger charge is 2.22. The highest BCUT2D eigenvalue weighted by atomic mass is 15.1. The van der Waals surface area contributed by atoms with Crippen molar-refractivity contribution in [2.24, 2.45) is 0 Å². The van der Waals surface area contributed by atoms with E-state index in [1.807, 2.05) is 0 Å². The van der Waals surface area contributed by atoms with E-state index in [4.69, 9.17) is 0 Å². The Labute approximate surface area is 100 Å². The molecule has 0 radical (unpaired) electrons. The molecule has 1 heteroatoms. The summed E-state index contributed by atoms with van der Waals surface area (Å²) in [5.74, 6) is 0. The summed E-state index contributed by atoms with van der Waals surface area (Å²) < 4.78 is 0. The number of nitrogens with zero attached hydrogens (tertiary/aromatic N) is 1. The molecule has 0 aliphatic rings. The van der Waals surface area contributed by atoms with E-state index in [9.17, 15) is 0 Å². The van der Waals surface area contributed by atoms with Crippen molar-refractivity contribution in [3.05, 3.63) is 35.4 Å². The minimum Gasteiger partial charge on any atom is -0.303 e. The molecular formula is C15H25N. The smallest absolute Gasteiger partial charge is 0.00731 e. The molecule has 1 aromatic carbocycles. The Morgan fingerprint density at radius 3 is 1.94 bits per heavy atom. The Morgan fingerprint density at radius 1 is 1.00 bits per heavy atom. The van der Waals surface area contributed by atoms with Gasteiger partial charge in [0.25, 0.3) is 0 Å². The molecule has 0 aliphatic carbocycles. The van der Waals surface area contributed by atoms with E-state index in [2.05, 4.69) is 63.8 Å². The van der Waals surface area contributed by atoms with Gasteiger partial charge in [0.2, 0.25) is 0 Å². The van der Waals surface area contributed by atoms with Crippen LogP contribution in [0.4, 0.5) is 0 Å². The van der Waals surface area contributed by atoms with Crippen molar-refractivity contribution < 1.29 is 0 Å². The van der Waals surface area contributed by atoms with Crippen LogP contribution in [0.25, 0.3) is 0 Å². The predicted molar refractivity (Wildman–Crippen MR) is 72.0 cm³/mol. The molecule has 1 aromatic rings. The van der Waals surface area contributed by atoms with E-state index in [0.717, 1.165) is 19.6 Å². The minimum absolute atomic E-state index is 0.236. The molecule has 90 valence electrons. The minimum atomic E-state index is 0.236. The summed E-state index contributed by atoms with van der Waals surface area (Å²) in [5.41, 5.74) is 3.01. The van der Waals surface area contributed by atoms with E-state index in [0.29, 0.717) is 0 Å². The first-order valence-electron chi connectivity index (χ1n) is 6.29. The van der Waals surface area contributed by atoms with Gasteiger partial charge >= 0.3 is 0 Å². The zero-order valence-corrected chi connectivity index (χ0v) is 11.4. The summed E-state index contributed by atoms with van der Waals surface area (Å²) >= 11 is 0. The maximum atomic E-state index is 2.49. The molecule has 0 atom stereocenters. The Bertz CT molecular complexity index is 307. The molecule has 0 heterocycles. The van der Waals surface area contributed by atoms with Crippen LogP contribution in [0.3, 0.4) is 0 Å². The summed E-state index contributed by atoms with van der Waals surface area (Å²) in [6, 6.07) is 8.94. The molecule has 1 nitrogen and oxygen atoms in total. The van der Waals surface area contributed by atoms with Crippen molar-refractivity contribution >= 4 is 0 Å². The van der Waals surface area contributed by atoms with Crippen LogP contribution < -0.4 is 0 Å². The second-order valence-electron chi connectivity index (χ2n) is 5.21. The molecule has 1 rings (SSSR count). The van der Waals surface area contributed by atoms with Gasteiger partial charge in [-0.15, -0.1) is 0 Å². The van der Waals surface area contributed by atoms with E-state index >= 15 is 0 Å². The van der Waals surface area contributed by atoms with Gasteiger partial charge in [-0.25, -0.2) is 0 Å². The molecule has 0 unspecified atom stereocenters. The van der Waals surface area contributed by atoms with Gasteiger partial charge in [-0.3, -0.25) is 0 Å². The molecule has 0 fully saturated rings. The van der Waals surface area contributed by atoms with E-state index < -0.39 is 0 Å². The predicted octanol–water partition coefficient (Wildman–Crippen LogP) is 3.61. The fraction of sp³-hybridized carbons (Fsp3) is 0.600. The Morgan fingerprint density at radius 2 is 1.50 bits per heavy atom. The van der Waals surface area contributed by atoms with Crippen LogP contribution in [0.2, 0.25) is 0 Å². The van der Waals surface area contributed by atoms with Crippen molar-refractivity contribution in [3.63, 3.8) is 0 Å². The van der Waals surface area contributed by atoms with Gasteiger partial charge in [-0.1, -0.05) is 57.5 Å². The largest absolute Gasteiger partial charge is 0.303 e. The second kappa shape index (κ2) is 5.49. The number of benzene rings is 1. The normalized spacial score (nSPS) is 12.1. The second-order valence-corrected chi connectivity index (χ2v) is 5.21. The Kier molecular flexibility index (Phi) is 4.55. The van der Waals surface area contributed by atoms with Crippen molar-refractivity contribution in [1.82, 2.24) is 4.90 Å². The van der Waals surface area contributed by atoms with Crippen molar-refractivity contribution in [1.29, 1.82) is 0 Å². The van der Waals surface area contributed by atoms with Crippen molar-refractivity contribution in [2.75, 3.05) is 19.6 Å². The van der Waals surface area contributed by atoms with E-state index in [1.54, 1.807) is 0 Å². The summed E-state index contributed by atoms with van der Waals surface area (Å²) in [6.07, 6.45) is 0. The first-order valence-corrected chi connectivity index (χ1v) is 6.29. The number of aryl methyl sites for hydroxylation is 1. The van der Waals surface area contributed by atoms with Gasteiger partial charge in [0.05, 0.1) is 0 Å². The Hall–Kier alpha value is -0.820. The van der Waals surface area contributed by atoms with Gasteiger partial charge in [0.15, 0.2) is 0 Å². The third kappa shape index (κ3) is 3.34. The van der Waals surface area contributed by atoms with Crippen LogP contribution in [-0.2, 0) is 5.41 Å². The molecule has 0 amide bonds. The fourth-order valence-corrected chi connectivity index (χ4v) is 2.10. The third-order valence-electron chi connectivity index (χ3n) is 3.35. The molecule has 16 heavy (non-hydrogen) atoms. The lowest BCUT2D eigenvalue weighted by Gasteiger charge is -2.32. The molecule has 0 saturated carbocycles. The molecular weight excluding hydrogens is 194 g/mol. The van der Waals surface area contributed by atoms with Crippen LogP contribution in [0.15, 0.2) is 24.3 Å². The average Bonchev–Trinajstić information content (AvgIpc) is 2.26. The van der Waals surface area contributed by atoms with E-state index in [1.165, 1.54) is 11.1 Å². The zero-order chi connectivity index (χ0) is 12.2. The quantitative estimate of drug-likeness (QED) is 0.731. The molecule has 0 spiro atoms. The van der Waals surface area contributed by atoms with Gasteiger partial charge < -0.3 is 4.90 Å². The maximum absolute atomic E-state index is 2.49. The Balaban J connectivity index is 2.80. The van der Waals surface area contributed by atoms with Gasteiger partial charge in [0.1, 0.15) is 0 Å². The topological polar surface area (TPSA) is 3.24 Å². The van der Waals surface area contributed by atoms with E-state index in [-0.39, 0.29) is 5.41 Å². The fourth-order valence-electron chi connectivity index (χ4n) is 2.10. The monoisotopic (exact) mass is 219 g/mol. The molecule has 0 aromatic heterocycles. The summed E-state index contributed by atoms with van der Waals surface area (Å²) in [7, 11) is 0. The molecule has 0 saturated heterocycles. The average molecular weight is 219 g/mol. The molecule has 0 bridgehead atoms. The first-order chi connectivity index (χ1) is 7.49. The number of hydrogen-bond donors (Lipinski definition) is 0. The zero-order valence-electron chi connectivity index (χ0n) is 11.4.